The first-order valence-corrected chi connectivity index (χ1v) is 5.59. The predicted molar refractivity (Wildman–Crippen MR) is 70.1 cm³/mol. The lowest BCUT2D eigenvalue weighted by atomic mass is 10.1. The fourth-order valence-electron chi connectivity index (χ4n) is 1.63. The number of likely N-dealkylation sites (N-methyl/N-ethyl adjacent to an activating group) is 1. The molecule has 5 heteroatoms. The third-order valence-corrected chi connectivity index (χ3v) is 2.67. The monoisotopic (exact) mass is 260 g/mol. The van der Waals surface area contributed by atoms with Crippen molar-refractivity contribution in [3.8, 4) is 0 Å². The molecule has 0 aliphatic rings. The highest BCUT2D eigenvalue weighted by molar-refractivity contribution is 5.85. The fourth-order valence-corrected chi connectivity index (χ4v) is 1.63. The van der Waals surface area contributed by atoms with Crippen molar-refractivity contribution in [2.45, 2.75) is 39.3 Å². The molecule has 1 aromatic rings. The minimum Gasteiger partial charge on any atom is -0.469 e. The van der Waals surface area contributed by atoms with E-state index in [9.17, 15) is 4.79 Å². The van der Waals surface area contributed by atoms with Crippen LogP contribution in [0.2, 0.25) is 0 Å². The molecular weight excluding hydrogens is 240 g/mol. The molecule has 0 aliphatic carbocycles. The molecule has 0 spiro atoms. The summed E-state index contributed by atoms with van der Waals surface area (Å²) in [5.41, 5.74) is 6.81. The van der Waals surface area contributed by atoms with Crippen LogP contribution in [0.4, 0.5) is 0 Å². The average Bonchev–Trinajstić information content (AvgIpc) is 2.63. The zero-order valence-corrected chi connectivity index (χ0v) is 11.4. The van der Waals surface area contributed by atoms with Crippen molar-refractivity contribution in [2.75, 3.05) is 7.05 Å². The van der Waals surface area contributed by atoms with Gasteiger partial charge in [-0.05, 0) is 19.4 Å². The van der Waals surface area contributed by atoms with Gasteiger partial charge in [-0.3, -0.25) is 4.79 Å². The Labute approximate surface area is 109 Å². The maximum absolute atomic E-state index is 11.8. The van der Waals surface area contributed by atoms with Gasteiger partial charge in [0.1, 0.15) is 5.76 Å². The maximum Gasteiger partial charge on any atom is 0.239 e. The Bertz CT molecular complexity index is 352. The Hall–Kier alpha value is -1.00. The van der Waals surface area contributed by atoms with Crippen LogP contribution < -0.4 is 5.73 Å². The lowest BCUT2D eigenvalue weighted by Crippen LogP contribution is -2.41. The molecule has 0 aliphatic heterocycles. The van der Waals surface area contributed by atoms with Gasteiger partial charge in [0.2, 0.25) is 5.91 Å². The van der Waals surface area contributed by atoms with Crippen LogP contribution in [0.5, 0.6) is 0 Å². The number of furan rings is 1. The van der Waals surface area contributed by atoms with E-state index in [2.05, 4.69) is 0 Å². The number of nitrogens with zero attached hydrogens (tertiary/aromatic N) is 1. The van der Waals surface area contributed by atoms with Crippen LogP contribution in [0.15, 0.2) is 16.7 Å². The Kier molecular flexibility index (Phi) is 6.92. The molecule has 4 nitrogen and oxygen atoms in total. The molecule has 0 fully saturated rings. The molecule has 17 heavy (non-hydrogen) atoms. The van der Waals surface area contributed by atoms with Crippen molar-refractivity contribution in [2.24, 2.45) is 5.73 Å². The van der Waals surface area contributed by atoms with Gasteiger partial charge < -0.3 is 15.1 Å². The van der Waals surface area contributed by atoms with E-state index in [1.807, 2.05) is 19.9 Å². The highest BCUT2D eigenvalue weighted by Crippen LogP contribution is 2.11. The first-order chi connectivity index (χ1) is 7.56. The van der Waals surface area contributed by atoms with Crippen molar-refractivity contribution >= 4 is 18.3 Å². The first-order valence-electron chi connectivity index (χ1n) is 5.59. The standard InChI is InChI=1S/C12H20N2O2.ClH/c1-4-5-11(13)12(15)14(3)8-10-6-7-16-9(10)2;/h6-7,11H,4-5,8,13H2,1-3H3;1H. The second kappa shape index (κ2) is 7.35. The Balaban J connectivity index is 0.00000256. The Morgan fingerprint density at radius 3 is 2.71 bits per heavy atom. The minimum atomic E-state index is -0.387. The zero-order chi connectivity index (χ0) is 12.1. The topological polar surface area (TPSA) is 59.5 Å². The largest absolute Gasteiger partial charge is 0.469 e. The summed E-state index contributed by atoms with van der Waals surface area (Å²) in [7, 11) is 1.77. The average molecular weight is 261 g/mol. The van der Waals surface area contributed by atoms with E-state index in [1.54, 1.807) is 18.2 Å². The third kappa shape index (κ3) is 4.40. The van der Waals surface area contributed by atoms with Gasteiger partial charge in [-0.1, -0.05) is 13.3 Å². The molecule has 1 amide bonds. The van der Waals surface area contributed by atoms with Crippen molar-refractivity contribution < 1.29 is 9.21 Å². The quantitative estimate of drug-likeness (QED) is 0.882. The minimum absolute atomic E-state index is 0. The Morgan fingerprint density at radius 2 is 2.24 bits per heavy atom. The van der Waals surface area contributed by atoms with E-state index >= 15 is 0 Å². The third-order valence-electron chi connectivity index (χ3n) is 2.67. The molecule has 0 saturated carbocycles. The molecular formula is C12H21ClN2O2. The number of halogens is 1. The molecule has 0 saturated heterocycles. The maximum atomic E-state index is 11.8. The smallest absolute Gasteiger partial charge is 0.239 e. The van der Waals surface area contributed by atoms with Crippen molar-refractivity contribution in [3.63, 3.8) is 0 Å². The molecule has 1 heterocycles. The number of nitrogens with two attached hydrogens (primary N) is 1. The summed E-state index contributed by atoms with van der Waals surface area (Å²) >= 11 is 0. The number of aryl methyl sites for hydroxylation is 1. The van der Waals surface area contributed by atoms with E-state index in [0.717, 1.165) is 24.2 Å². The van der Waals surface area contributed by atoms with E-state index in [1.165, 1.54) is 0 Å². The zero-order valence-electron chi connectivity index (χ0n) is 10.6. The van der Waals surface area contributed by atoms with Crippen LogP contribution in [-0.4, -0.2) is 23.9 Å². The van der Waals surface area contributed by atoms with E-state index in [0.29, 0.717) is 6.54 Å². The second-order valence-electron chi connectivity index (χ2n) is 4.09. The summed E-state index contributed by atoms with van der Waals surface area (Å²) in [6.07, 6.45) is 3.29. The number of rotatable bonds is 5. The summed E-state index contributed by atoms with van der Waals surface area (Å²) in [5, 5.41) is 0. The van der Waals surface area contributed by atoms with Crippen molar-refractivity contribution in [1.82, 2.24) is 4.90 Å². The van der Waals surface area contributed by atoms with E-state index in [4.69, 9.17) is 10.2 Å². The van der Waals surface area contributed by atoms with Crippen molar-refractivity contribution in [3.05, 3.63) is 23.7 Å². The molecule has 1 unspecified atom stereocenters. The van der Waals surface area contributed by atoms with Gasteiger partial charge in [-0.2, -0.15) is 0 Å². The van der Waals surface area contributed by atoms with Crippen LogP contribution in [0.1, 0.15) is 31.1 Å². The molecule has 1 atom stereocenters. The summed E-state index contributed by atoms with van der Waals surface area (Å²) in [4.78, 5) is 13.5. The molecule has 1 aromatic heterocycles. The lowest BCUT2D eigenvalue weighted by Gasteiger charge is -2.20. The number of hydrogen-bond donors (Lipinski definition) is 1. The summed E-state index contributed by atoms with van der Waals surface area (Å²) in [6, 6.07) is 1.49. The van der Waals surface area contributed by atoms with Crippen LogP contribution in [0.3, 0.4) is 0 Å². The molecule has 0 bridgehead atoms. The van der Waals surface area contributed by atoms with Crippen LogP contribution in [0, 0.1) is 6.92 Å². The molecule has 1 rings (SSSR count). The predicted octanol–water partition coefficient (Wildman–Crippen LogP) is 2.10. The van der Waals surface area contributed by atoms with Gasteiger partial charge in [0.05, 0.1) is 12.3 Å². The highest BCUT2D eigenvalue weighted by atomic mass is 35.5. The van der Waals surface area contributed by atoms with Gasteiger partial charge in [-0.15, -0.1) is 12.4 Å². The highest BCUT2D eigenvalue weighted by Gasteiger charge is 2.18. The molecule has 0 radical (unpaired) electrons. The first kappa shape index (κ1) is 16.0. The lowest BCUT2D eigenvalue weighted by molar-refractivity contribution is -0.132. The summed E-state index contributed by atoms with van der Waals surface area (Å²) in [6.45, 7) is 4.46. The molecule has 98 valence electrons. The molecule has 0 aromatic carbocycles. The van der Waals surface area contributed by atoms with E-state index < -0.39 is 0 Å². The van der Waals surface area contributed by atoms with Crippen LogP contribution in [-0.2, 0) is 11.3 Å². The van der Waals surface area contributed by atoms with Gasteiger partial charge in [-0.25, -0.2) is 0 Å². The van der Waals surface area contributed by atoms with Crippen molar-refractivity contribution in [1.29, 1.82) is 0 Å². The fraction of sp³-hybridized carbons (Fsp3) is 0.583. The number of carbonyl (C=O) groups excluding carboxylic acids is 1. The van der Waals surface area contributed by atoms with Gasteiger partial charge in [0.15, 0.2) is 0 Å². The number of carbonyl (C=O) groups is 1. The van der Waals surface area contributed by atoms with Gasteiger partial charge in [0.25, 0.3) is 0 Å². The number of hydrogen-bond acceptors (Lipinski definition) is 3. The summed E-state index contributed by atoms with van der Waals surface area (Å²) < 4.78 is 5.18. The van der Waals surface area contributed by atoms with Crippen LogP contribution >= 0.6 is 12.4 Å². The van der Waals surface area contributed by atoms with Crippen LogP contribution in [0.25, 0.3) is 0 Å². The number of amides is 1. The van der Waals surface area contributed by atoms with Gasteiger partial charge >= 0.3 is 0 Å². The normalized spacial score (nSPS) is 11.8. The van der Waals surface area contributed by atoms with E-state index in [-0.39, 0.29) is 24.4 Å². The summed E-state index contributed by atoms with van der Waals surface area (Å²) in [5.74, 6) is 0.839. The second-order valence-corrected chi connectivity index (χ2v) is 4.09. The Morgan fingerprint density at radius 1 is 1.59 bits per heavy atom. The SMILES string of the molecule is CCCC(N)C(=O)N(C)Cc1ccoc1C.Cl. The van der Waals surface area contributed by atoms with Gasteiger partial charge in [0, 0.05) is 19.2 Å². The molecule has 2 N–H and O–H groups in total.